The van der Waals surface area contributed by atoms with Gasteiger partial charge in [-0.15, -0.1) is 0 Å². The molecule has 0 radical (unpaired) electrons. The highest BCUT2D eigenvalue weighted by Gasteiger charge is 2.14. The largest absolute Gasteiger partial charge is 0.352 e. The summed E-state index contributed by atoms with van der Waals surface area (Å²) in [7, 11) is 0. The van der Waals surface area contributed by atoms with Crippen molar-refractivity contribution in [3.8, 4) is 0 Å². The third-order valence-electron chi connectivity index (χ3n) is 4.10. The molecule has 0 saturated heterocycles. The average Bonchev–Trinajstić information content (AvgIpc) is 2.96. The molecule has 0 aliphatic rings. The van der Waals surface area contributed by atoms with Crippen LogP contribution in [0.15, 0.2) is 48.5 Å². The van der Waals surface area contributed by atoms with Crippen LogP contribution in [-0.4, -0.2) is 22.4 Å². The van der Waals surface area contributed by atoms with Crippen molar-refractivity contribution in [1.29, 1.82) is 0 Å². The molecular weight excluding hydrogens is 298 g/mol. The van der Waals surface area contributed by atoms with Crippen LogP contribution in [0.5, 0.6) is 0 Å². The van der Waals surface area contributed by atoms with Crippen molar-refractivity contribution in [1.82, 2.24) is 15.3 Å². The van der Waals surface area contributed by atoms with Gasteiger partial charge in [-0.2, -0.15) is 0 Å². The summed E-state index contributed by atoms with van der Waals surface area (Å²) < 4.78 is 0. The Hall–Kier alpha value is -2.62. The lowest BCUT2D eigenvalue weighted by Gasteiger charge is -2.19. The molecule has 1 heterocycles. The van der Waals surface area contributed by atoms with Crippen LogP contribution in [0.1, 0.15) is 42.5 Å². The van der Waals surface area contributed by atoms with Gasteiger partial charge in [0.05, 0.1) is 11.0 Å². The Balaban J connectivity index is 1.57. The number of nitrogens with zero attached hydrogens (tertiary/aromatic N) is 1. The molecule has 24 heavy (non-hydrogen) atoms. The summed E-state index contributed by atoms with van der Waals surface area (Å²) in [4.78, 5) is 20.0. The Morgan fingerprint density at radius 2 is 1.79 bits per heavy atom. The van der Waals surface area contributed by atoms with Crippen molar-refractivity contribution in [2.24, 2.45) is 0 Å². The van der Waals surface area contributed by atoms with Gasteiger partial charge < -0.3 is 10.3 Å². The zero-order valence-electron chi connectivity index (χ0n) is 14.4. The van der Waals surface area contributed by atoms with Crippen molar-refractivity contribution < 1.29 is 4.79 Å². The molecule has 0 fully saturated rings. The standard InChI is InChI=1S/C20H23N3O/c1-20(2,3)15-10-8-14(9-11-15)19(24)21-13-12-18-22-16-6-4-5-7-17(16)23-18/h4-11H,12-13H2,1-3H3,(H,21,24)(H,22,23). The molecule has 0 spiro atoms. The van der Waals surface area contributed by atoms with Crippen LogP contribution in [0.2, 0.25) is 0 Å². The van der Waals surface area contributed by atoms with Gasteiger partial charge in [-0.25, -0.2) is 4.98 Å². The van der Waals surface area contributed by atoms with Gasteiger partial charge in [0.1, 0.15) is 5.82 Å². The van der Waals surface area contributed by atoms with E-state index in [0.29, 0.717) is 18.5 Å². The number of amides is 1. The van der Waals surface area contributed by atoms with E-state index in [2.05, 4.69) is 36.1 Å². The molecule has 3 aromatic rings. The lowest BCUT2D eigenvalue weighted by atomic mass is 9.87. The van der Waals surface area contributed by atoms with Crippen LogP contribution < -0.4 is 5.32 Å². The Morgan fingerprint density at radius 1 is 1.08 bits per heavy atom. The van der Waals surface area contributed by atoms with Crippen molar-refractivity contribution in [3.63, 3.8) is 0 Å². The first-order valence-electron chi connectivity index (χ1n) is 8.26. The molecule has 0 aliphatic carbocycles. The summed E-state index contributed by atoms with van der Waals surface area (Å²) in [6.45, 7) is 7.04. The number of hydrogen-bond donors (Lipinski definition) is 2. The van der Waals surface area contributed by atoms with Gasteiger partial charge in [0.25, 0.3) is 5.91 Å². The number of H-pyrrole nitrogens is 1. The van der Waals surface area contributed by atoms with Gasteiger partial charge in [-0.05, 0) is 35.2 Å². The summed E-state index contributed by atoms with van der Waals surface area (Å²) in [5.41, 5.74) is 3.98. The van der Waals surface area contributed by atoms with E-state index < -0.39 is 0 Å². The molecule has 2 aromatic carbocycles. The SMILES string of the molecule is CC(C)(C)c1ccc(C(=O)NCCc2nc3ccccc3[nH]2)cc1. The van der Waals surface area contributed by atoms with E-state index in [1.165, 1.54) is 5.56 Å². The van der Waals surface area contributed by atoms with Crippen molar-refractivity contribution in [2.75, 3.05) is 6.54 Å². The molecule has 0 saturated carbocycles. The minimum atomic E-state index is -0.0495. The van der Waals surface area contributed by atoms with E-state index in [9.17, 15) is 4.79 Å². The van der Waals surface area contributed by atoms with E-state index in [0.717, 1.165) is 16.9 Å². The summed E-state index contributed by atoms with van der Waals surface area (Å²) in [5.74, 6) is 0.839. The van der Waals surface area contributed by atoms with Crippen LogP contribution in [0.4, 0.5) is 0 Å². The normalized spacial score (nSPS) is 11.6. The number of nitrogens with one attached hydrogen (secondary N) is 2. The van der Waals surface area contributed by atoms with Crippen LogP contribution in [0.25, 0.3) is 11.0 Å². The highest BCUT2D eigenvalue weighted by atomic mass is 16.1. The highest BCUT2D eigenvalue weighted by molar-refractivity contribution is 5.94. The quantitative estimate of drug-likeness (QED) is 0.767. The molecular formula is C20H23N3O. The zero-order chi connectivity index (χ0) is 17.2. The Kier molecular flexibility index (Phi) is 4.38. The van der Waals surface area contributed by atoms with Crippen LogP contribution >= 0.6 is 0 Å². The van der Waals surface area contributed by atoms with Gasteiger partial charge >= 0.3 is 0 Å². The van der Waals surface area contributed by atoms with Gasteiger partial charge in [0.15, 0.2) is 0 Å². The van der Waals surface area contributed by atoms with Crippen LogP contribution in [0.3, 0.4) is 0 Å². The number of hydrogen-bond acceptors (Lipinski definition) is 2. The van der Waals surface area contributed by atoms with E-state index in [4.69, 9.17) is 0 Å². The van der Waals surface area contributed by atoms with Gasteiger partial charge in [-0.1, -0.05) is 45.0 Å². The summed E-state index contributed by atoms with van der Waals surface area (Å²) in [5, 5.41) is 2.95. The highest BCUT2D eigenvalue weighted by Crippen LogP contribution is 2.22. The van der Waals surface area contributed by atoms with Crippen molar-refractivity contribution >= 4 is 16.9 Å². The minimum absolute atomic E-state index is 0.0495. The monoisotopic (exact) mass is 321 g/mol. The number of aromatic amines is 1. The van der Waals surface area contributed by atoms with Crippen molar-refractivity contribution in [2.45, 2.75) is 32.6 Å². The van der Waals surface area contributed by atoms with Crippen LogP contribution in [0, 0.1) is 0 Å². The van der Waals surface area contributed by atoms with E-state index in [1.54, 1.807) is 0 Å². The fourth-order valence-electron chi connectivity index (χ4n) is 2.64. The third-order valence-corrected chi connectivity index (χ3v) is 4.10. The maximum atomic E-state index is 12.2. The predicted octanol–water partition coefficient (Wildman–Crippen LogP) is 3.83. The lowest BCUT2D eigenvalue weighted by molar-refractivity contribution is 0.0954. The third kappa shape index (κ3) is 3.65. The number of benzene rings is 2. The van der Waals surface area contributed by atoms with E-state index in [1.807, 2.05) is 48.5 Å². The smallest absolute Gasteiger partial charge is 0.251 e. The molecule has 4 heteroatoms. The molecule has 124 valence electrons. The van der Waals surface area contributed by atoms with Gasteiger partial charge in [-0.3, -0.25) is 4.79 Å². The predicted molar refractivity (Wildman–Crippen MR) is 97.3 cm³/mol. The van der Waals surface area contributed by atoms with Gasteiger partial charge in [0, 0.05) is 18.5 Å². The topological polar surface area (TPSA) is 57.8 Å². The number of carbonyl (C=O) groups is 1. The van der Waals surface area contributed by atoms with E-state index >= 15 is 0 Å². The molecule has 1 amide bonds. The average molecular weight is 321 g/mol. The van der Waals surface area contributed by atoms with Crippen LogP contribution in [-0.2, 0) is 11.8 Å². The molecule has 4 nitrogen and oxygen atoms in total. The second-order valence-corrected chi connectivity index (χ2v) is 7.03. The minimum Gasteiger partial charge on any atom is -0.352 e. The summed E-state index contributed by atoms with van der Waals surface area (Å²) in [6, 6.07) is 15.7. The number of carbonyl (C=O) groups excluding carboxylic acids is 1. The lowest BCUT2D eigenvalue weighted by Crippen LogP contribution is -2.26. The zero-order valence-corrected chi connectivity index (χ0v) is 14.4. The number of rotatable bonds is 4. The van der Waals surface area contributed by atoms with E-state index in [-0.39, 0.29) is 11.3 Å². The summed E-state index contributed by atoms with van der Waals surface area (Å²) in [6.07, 6.45) is 0.681. The molecule has 0 bridgehead atoms. The first kappa shape index (κ1) is 16.2. The Bertz CT molecular complexity index is 808. The van der Waals surface area contributed by atoms with Gasteiger partial charge in [0.2, 0.25) is 0 Å². The molecule has 0 unspecified atom stereocenters. The maximum absolute atomic E-state index is 12.2. The number of fused-ring (bicyclic) bond motifs is 1. The number of imidazole rings is 1. The first-order valence-corrected chi connectivity index (χ1v) is 8.26. The fourth-order valence-corrected chi connectivity index (χ4v) is 2.64. The molecule has 0 atom stereocenters. The Labute approximate surface area is 142 Å². The second kappa shape index (κ2) is 6.48. The number of para-hydroxylation sites is 2. The second-order valence-electron chi connectivity index (χ2n) is 7.03. The fraction of sp³-hybridized carbons (Fsp3) is 0.300. The molecule has 0 aliphatic heterocycles. The molecule has 1 aromatic heterocycles. The Morgan fingerprint density at radius 3 is 2.46 bits per heavy atom. The maximum Gasteiger partial charge on any atom is 0.251 e. The molecule has 3 rings (SSSR count). The number of aromatic nitrogens is 2. The van der Waals surface area contributed by atoms with Crippen molar-refractivity contribution in [3.05, 3.63) is 65.5 Å². The first-order chi connectivity index (χ1) is 11.4. The molecule has 2 N–H and O–H groups in total. The summed E-state index contributed by atoms with van der Waals surface area (Å²) >= 11 is 0.